The molecule has 2 heterocycles. The van der Waals surface area contributed by atoms with E-state index in [9.17, 15) is 4.79 Å². The molecule has 0 unspecified atom stereocenters. The minimum absolute atomic E-state index is 0.231. The van der Waals surface area contributed by atoms with Gasteiger partial charge in [0.25, 0.3) is 5.56 Å². The molecular weight excluding hydrogens is 438 g/mol. The summed E-state index contributed by atoms with van der Waals surface area (Å²) in [6.45, 7) is 0. The number of aryl methyl sites for hydroxylation is 2. The van der Waals surface area contributed by atoms with Crippen LogP contribution < -0.4 is 10.9 Å². The number of H-pyrrole nitrogens is 1. The van der Waals surface area contributed by atoms with Crippen LogP contribution in [0.25, 0.3) is 5.69 Å². The van der Waals surface area contributed by atoms with Crippen molar-refractivity contribution in [2.75, 3.05) is 5.32 Å². The van der Waals surface area contributed by atoms with Crippen LogP contribution in [0.2, 0.25) is 5.02 Å². The Balaban J connectivity index is 1.32. The summed E-state index contributed by atoms with van der Waals surface area (Å²) in [5.41, 5.74) is 3.58. The molecule has 0 radical (unpaired) electrons. The fourth-order valence-electron chi connectivity index (χ4n) is 4.34. The molecule has 168 valence electrons. The number of nitrogens with one attached hydrogen (secondary N) is 2. The highest BCUT2D eigenvalue weighted by molar-refractivity contribution is 6.33. The van der Waals surface area contributed by atoms with E-state index in [1.54, 1.807) is 17.0 Å². The number of hydrogen-bond donors (Lipinski definition) is 2. The quantitative estimate of drug-likeness (QED) is 0.417. The van der Waals surface area contributed by atoms with E-state index in [1.807, 2.05) is 36.4 Å². The molecule has 1 fully saturated rings. The normalized spacial score (nSPS) is 14.0. The third-order valence-corrected chi connectivity index (χ3v) is 6.47. The fourth-order valence-corrected chi connectivity index (χ4v) is 4.58. The molecule has 0 spiro atoms. The Morgan fingerprint density at radius 2 is 1.91 bits per heavy atom. The number of benzene rings is 2. The van der Waals surface area contributed by atoms with Gasteiger partial charge in [0.15, 0.2) is 11.6 Å². The molecule has 33 heavy (non-hydrogen) atoms. The first-order chi connectivity index (χ1) is 16.2. The first kappa shape index (κ1) is 21.3. The summed E-state index contributed by atoms with van der Waals surface area (Å²) in [4.78, 5) is 17.3. The number of nitrogens with zero attached hydrogens (tertiary/aromatic N) is 5. The third kappa shape index (κ3) is 4.80. The van der Waals surface area contributed by atoms with E-state index in [1.165, 1.54) is 31.2 Å². The molecule has 1 saturated carbocycles. The van der Waals surface area contributed by atoms with Crippen molar-refractivity contribution in [3.05, 3.63) is 87.2 Å². The van der Waals surface area contributed by atoms with Crippen LogP contribution in [0, 0.1) is 0 Å². The maximum atomic E-state index is 13.1. The maximum Gasteiger partial charge on any atom is 0.298 e. The molecule has 2 aromatic heterocycles. The van der Waals surface area contributed by atoms with Gasteiger partial charge in [-0.2, -0.15) is 5.21 Å². The van der Waals surface area contributed by atoms with Gasteiger partial charge in [-0.25, -0.2) is 4.98 Å². The highest BCUT2D eigenvalue weighted by Crippen LogP contribution is 2.36. The van der Waals surface area contributed by atoms with Crippen molar-refractivity contribution >= 4 is 23.1 Å². The second kappa shape index (κ2) is 9.54. The fraction of sp³-hybridized carbons (Fsp3) is 0.292. The average Bonchev–Trinajstić information content (AvgIpc) is 3.55. The molecule has 9 heteroatoms. The van der Waals surface area contributed by atoms with E-state index < -0.39 is 0 Å². The van der Waals surface area contributed by atoms with Gasteiger partial charge in [0.1, 0.15) is 0 Å². The van der Waals surface area contributed by atoms with Crippen molar-refractivity contribution in [3.63, 3.8) is 0 Å². The van der Waals surface area contributed by atoms with Crippen LogP contribution in [0.15, 0.2) is 59.7 Å². The van der Waals surface area contributed by atoms with E-state index in [0.717, 1.165) is 17.7 Å². The zero-order valence-electron chi connectivity index (χ0n) is 18.0. The summed E-state index contributed by atoms with van der Waals surface area (Å²) in [7, 11) is 0. The van der Waals surface area contributed by atoms with Crippen molar-refractivity contribution in [2.24, 2.45) is 0 Å². The Kier molecular flexibility index (Phi) is 6.17. The van der Waals surface area contributed by atoms with Crippen LogP contribution in [-0.4, -0.2) is 30.2 Å². The lowest BCUT2D eigenvalue weighted by Crippen LogP contribution is -2.21. The topological polar surface area (TPSA) is 101 Å². The Morgan fingerprint density at radius 1 is 1.09 bits per heavy atom. The monoisotopic (exact) mass is 461 g/mol. The molecule has 0 saturated heterocycles. The smallest absolute Gasteiger partial charge is 0.298 e. The third-order valence-electron chi connectivity index (χ3n) is 6.15. The molecule has 2 N–H and O–H groups in total. The van der Waals surface area contributed by atoms with Crippen LogP contribution in [0.4, 0.5) is 11.5 Å². The van der Waals surface area contributed by atoms with Gasteiger partial charge in [-0.3, -0.25) is 9.36 Å². The van der Waals surface area contributed by atoms with Crippen LogP contribution in [0.5, 0.6) is 0 Å². The van der Waals surface area contributed by atoms with Gasteiger partial charge in [0.2, 0.25) is 0 Å². The first-order valence-corrected chi connectivity index (χ1v) is 11.5. The summed E-state index contributed by atoms with van der Waals surface area (Å²) in [5, 5.41) is 17.7. The predicted octanol–water partition coefficient (Wildman–Crippen LogP) is 4.59. The standard InChI is InChI=1S/C24H24ClN7O/c25-20-15-18(17-3-1-2-4-17)8-11-21(20)27-23-24(33)32(14-13-26-23)19-9-5-16(6-10-19)7-12-22-28-30-31-29-22/h5-6,8-11,13-15,17H,1-4,7,12H2,(H,26,27)(H,28,29,30,31). The van der Waals surface area contributed by atoms with E-state index in [-0.39, 0.29) is 11.4 Å². The summed E-state index contributed by atoms with van der Waals surface area (Å²) in [6, 6.07) is 13.9. The largest absolute Gasteiger partial charge is 0.334 e. The van der Waals surface area contributed by atoms with Gasteiger partial charge in [-0.15, -0.1) is 10.2 Å². The second-order valence-electron chi connectivity index (χ2n) is 8.29. The molecular formula is C24H24ClN7O. The van der Waals surface area contributed by atoms with E-state index in [4.69, 9.17) is 11.6 Å². The molecule has 1 aliphatic carbocycles. The van der Waals surface area contributed by atoms with E-state index in [2.05, 4.69) is 37.0 Å². The Bertz CT molecular complexity index is 1280. The number of rotatable bonds is 7. The van der Waals surface area contributed by atoms with Gasteiger partial charge < -0.3 is 5.32 Å². The predicted molar refractivity (Wildman–Crippen MR) is 127 cm³/mol. The summed E-state index contributed by atoms with van der Waals surface area (Å²) in [6.07, 6.45) is 9.72. The Hall–Kier alpha value is -3.52. The number of hydrogen-bond acceptors (Lipinski definition) is 6. The minimum atomic E-state index is -0.243. The van der Waals surface area contributed by atoms with Crippen LogP contribution >= 0.6 is 11.6 Å². The lowest BCUT2D eigenvalue weighted by molar-refractivity contribution is 0.723. The maximum absolute atomic E-state index is 13.1. The molecule has 1 aliphatic rings. The Labute approximate surface area is 196 Å². The van der Waals surface area contributed by atoms with Crippen molar-refractivity contribution in [1.29, 1.82) is 0 Å². The molecule has 5 rings (SSSR count). The van der Waals surface area contributed by atoms with Gasteiger partial charge in [0.05, 0.1) is 10.7 Å². The van der Waals surface area contributed by atoms with E-state index in [0.29, 0.717) is 28.9 Å². The number of halogens is 1. The highest BCUT2D eigenvalue weighted by atomic mass is 35.5. The summed E-state index contributed by atoms with van der Waals surface area (Å²) in [5.74, 6) is 1.49. The number of anilines is 2. The number of aromatic amines is 1. The summed E-state index contributed by atoms with van der Waals surface area (Å²) >= 11 is 6.54. The summed E-state index contributed by atoms with van der Waals surface area (Å²) < 4.78 is 1.57. The molecule has 0 amide bonds. The first-order valence-electron chi connectivity index (χ1n) is 11.1. The zero-order chi connectivity index (χ0) is 22.6. The van der Waals surface area contributed by atoms with Crippen LogP contribution in [-0.2, 0) is 12.8 Å². The lowest BCUT2D eigenvalue weighted by Gasteiger charge is -2.14. The van der Waals surface area contributed by atoms with E-state index >= 15 is 0 Å². The van der Waals surface area contributed by atoms with Crippen molar-refractivity contribution in [1.82, 2.24) is 30.2 Å². The molecule has 0 atom stereocenters. The lowest BCUT2D eigenvalue weighted by atomic mass is 9.97. The Morgan fingerprint density at radius 3 is 2.64 bits per heavy atom. The van der Waals surface area contributed by atoms with Gasteiger partial charge in [-0.05, 0) is 60.6 Å². The van der Waals surface area contributed by atoms with Gasteiger partial charge >= 0.3 is 0 Å². The molecule has 2 aromatic carbocycles. The molecule has 4 aromatic rings. The SMILES string of the molecule is O=c1c(Nc2ccc(C3CCCC3)cc2Cl)nccn1-c1ccc(CCc2nn[nH]n2)cc1. The van der Waals surface area contributed by atoms with Gasteiger partial charge in [-0.1, -0.05) is 47.9 Å². The molecule has 0 aliphatic heterocycles. The van der Waals surface area contributed by atoms with Crippen LogP contribution in [0.3, 0.4) is 0 Å². The minimum Gasteiger partial charge on any atom is -0.334 e. The molecule has 8 nitrogen and oxygen atoms in total. The molecule has 0 bridgehead atoms. The number of aromatic nitrogens is 6. The number of tetrazole rings is 1. The second-order valence-corrected chi connectivity index (χ2v) is 8.70. The van der Waals surface area contributed by atoms with Gasteiger partial charge in [0, 0.05) is 24.5 Å². The van der Waals surface area contributed by atoms with Crippen LogP contribution in [0.1, 0.15) is 48.6 Å². The van der Waals surface area contributed by atoms with Crippen molar-refractivity contribution in [2.45, 2.75) is 44.4 Å². The zero-order valence-corrected chi connectivity index (χ0v) is 18.8. The van der Waals surface area contributed by atoms with Crippen molar-refractivity contribution in [3.8, 4) is 5.69 Å². The highest BCUT2D eigenvalue weighted by Gasteiger charge is 2.18. The van der Waals surface area contributed by atoms with Crippen molar-refractivity contribution < 1.29 is 0 Å². The average molecular weight is 462 g/mol.